The number of fused-ring (bicyclic) bond motifs is 1. The van der Waals surface area contributed by atoms with Gasteiger partial charge in [-0.15, -0.1) is 0 Å². The Labute approximate surface area is 167 Å². The van der Waals surface area contributed by atoms with Gasteiger partial charge in [0.1, 0.15) is 0 Å². The number of hydrogen-bond acceptors (Lipinski definition) is 3. The highest BCUT2D eigenvalue weighted by Gasteiger charge is 2.37. The number of carbonyl (C=O) groups excluding carboxylic acids is 1. The van der Waals surface area contributed by atoms with E-state index in [2.05, 4.69) is 0 Å². The standard InChI is InChI=1S/C21H18F2N2O3S/c1-14(26)15-4-7-17(8-5-15)29(27,28)25-12-11-24-10-2-3-20(24)21(25)16-6-9-18(22)19(23)13-16/h2-10,13,21H,11-12H2,1H3/t21-/m0/s1. The molecule has 3 aromatic rings. The number of rotatable bonds is 4. The molecule has 0 spiro atoms. The molecular formula is C21H18F2N2O3S. The van der Waals surface area contributed by atoms with Crippen molar-refractivity contribution in [2.45, 2.75) is 24.4 Å². The van der Waals surface area contributed by atoms with E-state index in [1.54, 1.807) is 12.1 Å². The zero-order chi connectivity index (χ0) is 20.8. The molecule has 4 rings (SSSR count). The van der Waals surface area contributed by atoms with E-state index in [0.717, 1.165) is 12.1 Å². The average Bonchev–Trinajstić information content (AvgIpc) is 3.18. The minimum absolute atomic E-state index is 0.0371. The Morgan fingerprint density at radius 2 is 1.72 bits per heavy atom. The van der Waals surface area contributed by atoms with Gasteiger partial charge in [-0.25, -0.2) is 17.2 Å². The summed E-state index contributed by atoms with van der Waals surface area (Å²) in [6.07, 6.45) is 1.83. The molecule has 1 aliphatic rings. The Morgan fingerprint density at radius 3 is 2.38 bits per heavy atom. The summed E-state index contributed by atoms with van der Waals surface area (Å²) in [6, 6.07) is 11.9. The third-order valence-electron chi connectivity index (χ3n) is 5.12. The van der Waals surface area contributed by atoms with Crippen molar-refractivity contribution in [3.8, 4) is 0 Å². The molecule has 0 aliphatic carbocycles. The molecule has 0 radical (unpaired) electrons. The highest BCUT2D eigenvalue weighted by Crippen LogP contribution is 2.37. The SMILES string of the molecule is CC(=O)c1ccc(S(=O)(=O)N2CCn3cccc3[C@@H]2c2ccc(F)c(F)c2)cc1. The van der Waals surface area contributed by atoms with Crippen LogP contribution in [0, 0.1) is 11.6 Å². The zero-order valence-electron chi connectivity index (χ0n) is 15.5. The van der Waals surface area contributed by atoms with Crippen LogP contribution in [0.5, 0.6) is 0 Å². The molecule has 1 aliphatic heterocycles. The number of ketones is 1. The van der Waals surface area contributed by atoms with E-state index in [9.17, 15) is 22.0 Å². The van der Waals surface area contributed by atoms with Crippen molar-refractivity contribution in [3.63, 3.8) is 0 Å². The number of Topliss-reactive ketones (excluding diaryl/α,β-unsaturated/α-hetero) is 1. The van der Waals surface area contributed by atoms with Crippen LogP contribution in [0.1, 0.15) is 34.6 Å². The van der Waals surface area contributed by atoms with Crippen LogP contribution in [-0.2, 0) is 16.6 Å². The fraction of sp³-hybridized carbons (Fsp3) is 0.190. The molecule has 0 saturated carbocycles. The van der Waals surface area contributed by atoms with Gasteiger partial charge < -0.3 is 4.57 Å². The summed E-state index contributed by atoms with van der Waals surface area (Å²) in [5, 5.41) is 0. The number of halogens is 2. The number of aromatic nitrogens is 1. The molecule has 0 fully saturated rings. The van der Waals surface area contributed by atoms with Crippen molar-refractivity contribution >= 4 is 15.8 Å². The summed E-state index contributed by atoms with van der Waals surface area (Å²) in [7, 11) is -3.95. The molecule has 1 aromatic heterocycles. The Kier molecular flexibility index (Phi) is 4.84. The van der Waals surface area contributed by atoms with Crippen LogP contribution >= 0.6 is 0 Å². The van der Waals surface area contributed by atoms with Crippen LogP contribution in [0.15, 0.2) is 65.7 Å². The minimum Gasteiger partial charge on any atom is -0.348 e. The van der Waals surface area contributed by atoms with E-state index in [-0.39, 0.29) is 17.2 Å². The second kappa shape index (κ2) is 7.20. The molecule has 0 unspecified atom stereocenters. The summed E-state index contributed by atoms with van der Waals surface area (Å²) in [4.78, 5) is 11.5. The maximum atomic E-state index is 13.9. The van der Waals surface area contributed by atoms with Crippen LogP contribution < -0.4 is 0 Å². The van der Waals surface area contributed by atoms with Crippen molar-refractivity contribution in [1.82, 2.24) is 8.87 Å². The van der Waals surface area contributed by atoms with Crippen molar-refractivity contribution in [1.29, 1.82) is 0 Å². The zero-order valence-corrected chi connectivity index (χ0v) is 16.4. The predicted molar refractivity (Wildman–Crippen MR) is 103 cm³/mol. The van der Waals surface area contributed by atoms with Gasteiger partial charge in [0, 0.05) is 30.5 Å². The predicted octanol–water partition coefficient (Wildman–Crippen LogP) is 3.76. The molecule has 1 atom stereocenters. The molecule has 0 amide bonds. The molecule has 150 valence electrons. The monoisotopic (exact) mass is 416 g/mol. The molecule has 5 nitrogen and oxygen atoms in total. The Bertz CT molecular complexity index is 1190. The van der Waals surface area contributed by atoms with Crippen LogP contribution in [0.3, 0.4) is 0 Å². The molecule has 2 aromatic carbocycles. The molecule has 0 bridgehead atoms. The first-order valence-corrected chi connectivity index (χ1v) is 10.5. The van der Waals surface area contributed by atoms with Gasteiger partial charge in [0.25, 0.3) is 0 Å². The highest BCUT2D eigenvalue weighted by atomic mass is 32.2. The Balaban J connectivity index is 1.82. The summed E-state index contributed by atoms with van der Waals surface area (Å²) >= 11 is 0. The van der Waals surface area contributed by atoms with E-state index < -0.39 is 27.7 Å². The number of carbonyl (C=O) groups is 1. The molecule has 29 heavy (non-hydrogen) atoms. The normalized spacial score (nSPS) is 17.1. The van der Waals surface area contributed by atoms with Gasteiger partial charge >= 0.3 is 0 Å². The van der Waals surface area contributed by atoms with Gasteiger partial charge in [-0.3, -0.25) is 4.79 Å². The fourth-order valence-electron chi connectivity index (χ4n) is 3.64. The average molecular weight is 416 g/mol. The fourth-order valence-corrected chi connectivity index (χ4v) is 5.22. The molecule has 0 saturated heterocycles. The summed E-state index contributed by atoms with van der Waals surface area (Å²) < 4.78 is 57.4. The van der Waals surface area contributed by atoms with Gasteiger partial charge in [-0.1, -0.05) is 18.2 Å². The van der Waals surface area contributed by atoms with E-state index in [4.69, 9.17) is 0 Å². The summed E-state index contributed by atoms with van der Waals surface area (Å²) in [6.45, 7) is 2.01. The number of hydrogen-bond donors (Lipinski definition) is 0. The number of benzene rings is 2. The summed E-state index contributed by atoms with van der Waals surface area (Å²) in [5.41, 5.74) is 1.42. The van der Waals surface area contributed by atoms with Gasteiger partial charge in [0.2, 0.25) is 10.0 Å². The first-order valence-electron chi connectivity index (χ1n) is 9.02. The maximum Gasteiger partial charge on any atom is 0.244 e. The third-order valence-corrected chi connectivity index (χ3v) is 7.00. The lowest BCUT2D eigenvalue weighted by Crippen LogP contribution is -2.42. The minimum atomic E-state index is -3.95. The van der Waals surface area contributed by atoms with E-state index >= 15 is 0 Å². The first-order chi connectivity index (χ1) is 13.8. The van der Waals surface area contributed by atoms with Crippen LogP contribution in [0.2, 0.25) is 0 Å². The van der Waals surface area contributed by atoms with Gasteiger partial charge in [-0.2, -0.15) is 4.31 Å². The van der Waals surface area contributed by atoms with Crippen LogP contribution in [0.4, 0.5) is 8.78 Å². The van der Waals surface area contributed by atoms with Crippen molar-refractivity contribution in [3.05, 3.63) is 89.2 Å². The highest BCUT2D eigenvalue weighted by molar-refractivity contribution is 7.89. The van der Waals surface area contributed by atoms with Crippen molar-refractivity contribution < 1.29 is 22.0 Å². The van der Waals surface area contributed by atoms with E-state index in [1.807, 2.05) is 10.8 Å². The largest absolute Gasteiger partial charge is 0.348 e. The van der Waals surface area contributed by atoms with Gasteiger partial charge in [-0.05, 0) is 48.9 Å². The number of nitrogens with zero attached hydrogens (tertiary/aromatic N) is 2. The lowest BCUT2D eigenvalue weighted by Gasteiger charge is -2.36. The molecule has 8 heteroatoms. The Morgan fingerprint density at radius 1 is 1.00 bits per heavy atom. The lowest BCUT2D eigenvalue weighted by molar-refractivity contribution is 0.101. The number of sulfonamides is 1. The topological polar surface area (TPSA) is 59.4 Å². The van der Waals surface area contributed by atoms with Crippen LogP contribution in [-0.4, -0.2) is 29.6 Å². The van der Waals surface area contributed by atoms with Crippen LogP contribution in [0.25, 0.3) is 0 Å². The lowest BCUT2D eigenvalue weighted by atomic mass is 10.0. The molecule has 0 N–H and O–H groups in total. The Hall–Kier alpha value is -2.84. The van der Waals surface area contributed by atoms with E-state index in [1.165, 1.54) is 41.6 Å². The van der Waals surface area contributed by atoms with Gasteiger partial charge in [0.05, 0.1) is 10.9 Å². The quantitative estimate of drug-likeness (QED) is 0.609. The van der Waals surface area contributed by atoms with Crippen molar-refractivity contribution in [2.75, 3.05) is 6.54 Å². The van der Waals surface area contributed by atoms with Gasteiger partial charge in [0.15, 0.2) is 17.4 Å². The molecular weight excluding hydrogens is 398 g/mol. The third kappa shape index (κ3) is 3.38. The summed E-state index contributed by atoms with van der Waals surface area (Å²) in [5.74, 6) is -2.19. The first kappa shape index (κ1) is 19.5. The second-order valence-electron chi connectivity index (χ2n) is 6.90. The van der Waals surface area contributed by atoms with Crippen molar-refractivity contribution in [2.24, 2.45) is 0 Å². The smallest absolute Gasteiger partial charge is 0.244 e. The maximum absolute atomic E-state index is 13.9. The molecule has 2 heterocycles. The second-order valence-corrected chi connectivity index (χ2v) is 8.79. The van der Waals surface area contributed by atoms with E-state index in [0.29, 0.717) is 23.4 Å².